The van der Waals surface area contributed by atoms with E-state index in [1.165, 1.54) is 17.5 Å². The van der Waals surface area contributed by atoms with Crippen LogP contribution in [0.5, 0.6) is 0 Å². The lowest BCUT2D eigenvalue weighted by Crippen LogP contribution is -2.34. The number of aliphatic hydroxyl groups excluding tert-OH is 1. The fraction of sp³-hybridized carbons (Fsp3) is 0.471. The van der Waals surface area contributed by atoms with Crippen LogP contribution in [0.15, 0.2) is 29.6 Å². The van der Waals surface area contributed by atoms with Gasteiger partial charge in [-0.15, -0.1) is 11.3 Å². The topological polar surface area (TPSA) is 36.4 Å². The zero-order valence-corrected chi connectivity index (χ0v) is 13.4. The summed E-state index contributed by atoms with van der Waals surface area (Å²) in [6.45, 7) is 6.47. The van der Waals surface area contributed by atoms with Crippen LogP contribution in [0.4, 0.5) is 0 Å². The molecule has 0 saturated carbocycles. The predicted octanol–water partition coefficient (Wildman–Crippen LogP) is 3.32. The molecule has 0 aliphatic carbocycles. The molecule has 1 aliphatic rings. The van der Waals surface area contributed by atoms with Crippen LogP contribution < -0.4 is 0 Å². The van der Waals surface area contributed by atoms with Gasteiger partial charge in [0, 0.05) is 23.5 Å². The first-order chi connectivity index (χ1) is 10.2. The first-order valence-electron chi connectivity index (χ1n) is 7.53. The van der Waals surface area contributed by atoms with Crippen LogP contribution in [0.2, 0.25) is 0 Å². The van der Waals surface area contributed by atoms with Crippen molar-refractivity contribution in [2.45, 2.75) is 32.9 Å². The van der Waals surface area contributed by atoms with E-state index < -0.39 is 0 Å². The molecule has 3 nitrogen and oxygen atoms in total. The van der Waals surface area contributed by atoms with Crippen LogP contribution >= 0.6 is 11.3 Å². The van der Waals surface area contributed by atoms with Crippen LogP contribution in [0, 0.1) is 12.8 Å². The number of aromatic nitrogens is 1. The lowest BCUT2D eigenvalue weighted by molar-refractivity contribution is 0.133. The van der Waals surface area contributed by atoms with E-state index in [9.17, 15) is 5.11 Å². The number of benzene rings is 1. The van der Waals surface area contributed by atoms with E-state index >= 15 is 0 Å². The third-order valence-electron chi connectivity index (χ3n) is 4.40. The first-order valence-corrected chi connectivity index (χ1v) is 8.41. The van der Waals surface area contributed by atoms with Gasteiger partial charge in [-0.05, 0) is 25.8 Å². The molecule has 0 amide bonds. The van der Waals surface area contributed by atoms with E-state index in [1.54, 1.807) is 11.3 Å². The highest BCUT2D eigenvalue weighted by Crippen LogP contribution is 2.28. The van der Waals surface area contributed by atoms with Crippen molar-refractivity contribution in [3.05, 3.63) is 40.9 Å². The Morgan fingerprint density at radius 1 is 1.33 bits per heavy atom. The molecule has 112 valence electrons. The second-order valence-corrected chi connectivity index (χ2v) is 6.85. The van der Waals surface area contributed by atoms with Crippen molar-refractivity contribution < 1.29 is 5.11 Å². The van der Waals surface area contributed by atoms with Gasteiger partial charge in [-0.3, -0.25) is 4.90 Å². The average Bonchev–Trinajstić information content (AvgIpc) is 3.07. The molecule has 2 heterocycles. The third kappa shape index (κ3) is 3.18. The fourth-order valence-electron chi connectivity index (χ4n) is 3.00. The second kappa shape index (κ2) is 6.26. The summed E-state index contributed by atoms with van der Waals surface area (Å²) < 4.78 is 0. The quantitative estimate of drug-likeness (QED) is 0.941. The summed E-state index contributed by atoms with van der Waals surface area (Å²) in [5, 5.41) is 12.8. The lowest BCUT2D eigenvalue weighted by atomic mass is 10.0. The summed E-state index contributed by atoms with van der Waals surface area (Å²) in [4.78, 5) is 7.12. The molecular weight excluding hydrogens is 280 g/mol. The van der Waals surface area contributed by atoms with Crippen molar-refractivity contribution in [2.24, 2.45) is 5.92 Å². The van der Waals surface area contributed by atoms with Crippen molar-refractivity contribution in [2.75, 3.05) is 13.2 Å². The van der Waals surface area contributed by atoms with Gasteiger partial charge in [-0.2, -0.15) is 0 Å². The summed E-state index contributed by atoms with van der Waals surface area (Å²) in [6.07, 6.45) is 1.17. The molecule has 0 bridgehead atoms. The molecule has 2 atom stereocenters. The number of hydrogen-bond acceptors (Lipinski definition) is 4. The van der Waals surface area contributed by atoms with Gasteiger partial charge in [0.15, 0.2) is 0 Å². The summed E-state index contributed by atoms with van der Waals surface area (Å²) in [5.41, 5.74) is 3.57. The first kappa shape index (κ1) is 14.7. The standard InChI is InChI=1S/C17H22N2OS/c1-12-3-5-14(6-4-12)17-18-15(11-21-17)9-19-8-7-13(2)16(19)10-20/h3-6,11,13,16,20H,7-10H2,1-2H3. The SMILES string of the molecule is Cc1ccc(-c2nc(CN3CCC(C)C3CO)cs2)cc1. The van der Waals surface area contributed by atoms with Crippen LogP contribution in [0.25, 0.3) is 10.6 Å². The minimum Gasteiger partial charge on any atom is -0.395 e. The van der Waals surface area contributed by atoms with E-state index in [2.05, 4.69) is 48.4 Å². The highest BCUT2D eigenvalue weighted by Gasteiger charge is 2.30. The zero-order valence-electron chi connectivity index (χ0n) is 12.6. The highest BCUT2D eigenvalue weighted by molar-refractivity contribution is 7.13. The lowest BCUT2D eigenvalue weighted by Gasteiger charge is -2.23. The van der Waals surface area contributed by atoms with Crippen LogP contribution in [0.1, 0.15) is 24.6 Å². The fourth-order valence-corrected chi connectivity index (χ4v) is 3.81. The number of likely N-dealkylation sites (tertiary alicyclic amines) is 1. The number of aryl methyl sites for hydroxylation is 1. The van der Waals surface area contributed by atoms with Gasteiger partial charge < -0.3 is 5.11 Å². The molecule has 1 aliphatic heterocycles. The molecule has 1 N–H and O–H groups in total. The monoisotopic (exact) mass is 302 g/mol. The van der Waals surface area contributed by atoms with Gasteiger partial charge in [0.2, 0.25) is 0 Å². The van der Waals surface area contributed by atoms with Crippen LogP contribution in [0.3, 0.4) is 0 Å². The maximum Gasteiger partial charge on any atom is 0.123 e. The molecule has 4 heteroatoms. The van der Waals surface area contributed by atoms with Crippen molar-refractivity contribution in [1.82, 2.24) is 9.88 Å². The van der Waals surface area contributed by atoms with Gasteiger partial charge in [0.25, 0.3) is 0 Å². The van der Waals surface area contributed by atoms with E-state index in [-0.39, 0.29) is 12.6 Å². The van der Waals surface area contributed by atoms with Crippen LogP contribution in [-0.4, -0.2) is 34.2 Å². The number of hydrogen-bond donors (Lipinski definition) is 1. The van der Waals surface area contributed by atoms with Crippen LogP contribution in [-0.2, 0) is 6.54 Å². The largest absolute Gasteiger partial charge is 0.395 e. The summed E-state index contributed by atoms with van der Waals surface area (Å²) in [6, 6.07) is 8.80. The maximum atomic E-state index is 9.53. The van der Waals surface area contributed by atoms with Crippen molar-refractivity contribution in [3.8, 4) is 10.6 Å². The molecule has 0 spiro atoms. The Labute approximate surface area is 130 Å². The molecular formula is C17H22N2OS. The minimum atomic E-state index is 0.246. The van der Waals surface area contributed by atoms with Crippen molar-refractivity contribution in [1.29, 1.82) is 0 Å². The maximum absolute atomic E-state index is 9.53. The summed E-state index contributed by atoms with van der Waals surface area (Å²) in [5.74, 6) is 0.574. The van der Waals surface area contributed by atoms with E-state index in [0.29, 0.717) is 5.92 Å². The third-order valence-corrected chi connectivity index (χ3v) is 5.34. The number of aliphatic hydroxyl groups is 1. The van der Waals surface area contributed by atoms with E-state index in [1.807, 2.05) is 0 Å². The molecule has 21 heavy (non-hydrogen) atoms. The van der Waals surface area contributed by atoms with Gasteiger partial charge >= 0.3 is 0 Å². The Hall–Kier alpha value is -1.23. The zero-order chi connectivity index (χ0) is 14.8. The number of thiazole rings is 1. The molecule has 0 radical (unpaired) electrons. The molecule has 1 aromatic heterocycles. The number of nitrogens with zero attached hydrogens (tertiary/aromatic N) is 2. The highest BCUT2D eigenvalue weighted by atomic mass is 32.1. The summed E-state index contributed by atoms with van der Waals surface area (Å²) in [7, 11) is 0. The van der Waals surface area contributed by atoms with Gasteiger partial charge in [0.1, 0.15) is 5.01 Å². The van der Waals surface area contributed by atoms with Gasteiger partial charge in [-0.25, -0.2) is 4.98 Å². The van der Waals surface area contributed by atoms with E-state index in [4.69, 9.17) is 4.98 Å². The Morgan fingerprint density at radius 2 is 2.10 bits per heavy atom. The predicted molar refractivity (Wildman–Crippen MR) is 87.4 cm³/mol. The van der Waals surface area contributed by atoms with Gasteiger partial charge in [-0.1, -0.05) is 36.8 Å². The Kier molecular flexibility index (Phi) is 4.38. The smallest absolute Gasteiger partial charge is 0.123 e. The minimum absolute atomic E-state index is 0.246. The van der Waals surface area contributed by atoms with E-state index in [0.717, 1.165) is 23.8 Å². The average molecular weight is 302 g/mol. The van der Waals surface area contributed by atoms with Gasteiger partial charge in [0.05, 0.1) is 12.3 Å². The van der Waals surface area contributed by atoms with Crippen molar-refractivity contribution >= 4 is 11.3 Å². The molecule has 1 aromatic carbocycles. The second-order valence-electron chi connectivity index (χ2n) is 6.00. The Morgan fingerprint density at radius 3 is 2.81 bits per heavy atom. The molecule has 2 aromatic rings. The van der Waals surface area contributed by atoms with Crippen molar-refractivity contribution in [3.63, 3.8) is 0 Å². The summed E-state index contributed by atoms with van der Waals surface area (Å²) >= 11 is 1.70. The number of rotatable bonds is 4. The molecule has 1 saturated heterocycles. The molecule has 1 fully saturated rings. The normalized spacial score (nSPS) is 22.8. The Balaban J connectivity index is 1.72. The molecule has 2 unspecified atom stereocenters. The Bertz CT molecular complexity index is 593. The molecule has 3 rings (SSSR count).